The first-order valence-corrected chi connectivity index (χ1v) is 6.16. The van der Waals surface area contributed by atoms with Crippen LogP contribution in [0.5, 0.6) is 0 Å². The highest BCUT2D eigenvalue weighted by Crippen LogP contribution is 2.31. The van der Waals surface area contributed by atoms with Crippen LogP contribution in [0.2, 0.25) is 0 Å². The minimum atomic E-state index is -0.660. The van der Waals surface area contributed by atoms with Crippen LogP contribution in [0.15, 0.2) is 12.4 Å². The number of carboxylic acids is 1. The Kier molecular flexibility index (Phi) is 3.78. The first-order chi connectivity index (χ1) is 8.20. The Morgan fingerprint density at radius 1 is 1.47 bits per heavy atom. The van der Waals surface area contributed by atoms with Gasteiger partial charge in [-0.05, 0) is 44.2 Å². The number of rotatable bonds is 4. The summed E-state index contributed by atoms with van der Waals surface area (Å²) in [5, 5.41) is 13.3. The highest BCUT2D eigenvalue weighted by atomic mass is 16.4. The summed E-state index contributed by atoms with van der Waals surface area (Å²) >= 11 is 0. The molecule has 3 N–H and O–H groups in total. The molecule has 0 spiro atoms. The summed E-state index contributed by atoms with van der Waals surface area (Å²) in [6.07, 6.45) is 8.07. The summed E-state index contributed by atoms with van der Waals surface area (Å²) in [4.78, 5) is 10.9. The molecule has 1 saturated carbocycles. The molecule has 0 aliphatic heterocycles. The van der Waals surface area contributed by atoms with E-state index in [9.17, 15) is 4.79 Å². The fourth-order valence-electron chi connectivity index (χ4n) is 2.46. The van der Waals surface area contributed by atoms with Gasteiger partial charge in [-0.1, -0.05) is 0 Å². The lowest BCUT2D eigenvalue weighted by Crippen LogP contribution is -2.23. The van der Waals surface area contributed by atoms with Crippen LogP contribution in [0, 0.1) is 5.92 Å². The van der Waals surface area contributed by atoms with Crippen LogP contribution in [0.3, 0.4) is 0 Å². The predicted octanol–water partition coefficient (Wildman–Crippen LogP) is 1.20. The molecule has 1 aliphatic rings. The number of hydrogen-bond donors (Lipinski definition) is 2. The van der Waals surface area contributed by atoms with Crippen molar-refractivity contribution in [1.29, 1.82) is 0 Å². The second kappa shape index (κ2) is 5.31. The third-order valence-corrected chi connectivity index (χ3v) is 3.51. The number of aromatic nitrogens is 2. The van der Waals surface area contributed by atoms with E-state index in [1.165, 1.54) is 0 Å². The van der Waals surface area contributed by atoms with Crippen molar-refractivity contribution in [3.63, 3.8) is 0 Å². The van der Waals surface area contributed by atoms with Gasteiger partial charge in [-0.15, -0.1) is 0 Å². The third kappa shape index (κ3) is 2.85. The highest BCUT2D eigenvalue weighted by molar-refractivity contribution is 5.70. The van der Waals surface area contributed by atoms with Crippen molar-refractivity contribution in [3.8, 4) is 0 Å². The number of nitrogens with zero attached hydrogens (tertiary/aromatic N) is 2. The fourth-order valence-corrected chi connectivity index (χ4v) is 2.46. The van der Waals surface area contributed by atoms with E-state index in [4.69, 9.17) is 10.8 Å². The largest absolute Gasteiger partial charge is 0.481 e. The summed E-state index contributed by atoms with van der Waals surface area (Å²) < 4.78 is 1.98. The van der Waals surface area contributed by atoms with Gasteiger partial charge in [0.25, 0.3) is 0 Å². The van der Waals surface area contributed by atoms with Crippen molar-refractivity contribution in [3.05, 3.63) is 18.0 Å². The number of hydrogen-bond acceptors (Lipinski definition) is 3. The SMILES string of the molecule is NCCc1cnn(C2CCC(C(=O)O)CC2)c1. The Labute approximate surface area is 101 Å². The van der Waals surface area contributed by atoms with Crippen molar-refractivity contribution in [2.75, 3.05) is 6.54 Å². The Balaban J connectivity index is 1.93. The second-order valence-corrected chi connectivity index (χ2v) is 4.71. The maximum Gasteiger partial charge on any atom is 0.306 e. The fraction of sp³-hybridized carbons (Fsp3) is 0.667. The molecule has 17 heavy (non-hydrogen) atoms. The summed E-state index contributed by atoms with van der Waals surface area (Å²) in [6.45, 7) is 0.636. The molecular formula is C12H19N3O2. The summed E-state index contributed by atoms with van der Waals surface area (Å²) in [5.74, 6) is -0.821. The lowest BCUT2D eigenvalue weighted by Gasteiger charge is -2.26. The van der Waals surface area contributed by atoms with E-state index >= 15 is 0 Å². The van der Waals surface area contributed by atoms with Gasteiger partial charge < -0.3 is 10.8 Å². The van der Waals surface area contributed by atoms with Gasteiger partial charge in [0.15, 0.2) is 0 Å². The average Bonchev–Trinajstić information content (AvgIpc) is 2.78. The zero-order chi connectivity index (χ0) is 12.3. The van der Waals surface area contributed by atoms with Crippen molar-refractivity contribution in [1.82, 2.24) is 9.78 Å². The van der Waals surface area contributed by atoms with Crippen LogP contribution in [0.1, 0.15) is 37.3 Å². The van der Waals surface area contributed by atoms with Gasteiger partial charge in [0.2, 0.25) is 0 Å². The molecule has 0 aromatic carbocycles. The molecular weight excluding hydrogens is 218 g/mol. The van der Waals surface area contributed by atoms with E-state index in [0.717, 1.165) is 37.7 Å². The van der Waals surface area contributed by atoms with Gasteiger partial charge >= 0.3 is 5.97 Å². The summed E-state index contributed by atoms with van der Waals surface area (Å²) in [7, 11) is 0. The number of carbonyl (C=O) groups is 1. The molecule has 5 nitrogen and oxygen atoms in total. The Bertz CT molecular complexity index is 381. The molecule has 0 radical (unpaired) electrons. The quantitative estimate of drug-likeness (QED) is 0.824. The van der Waals surface area contributed by atoms with Crippen molar-refractivity contribution < 1.29 is 9.90 Å². The molecule has 0 amide bonds. The van der Waals surface area contributed by atoms with Crippen LogP contribution in [0.4, 0.5) is 0 Å². The van der Waals surface area contributed by atoms with Crippen LogP contribution >= 0.6 is 0 Å². The topological polar surface area (TPSA) is 81.1 Å². The van der Waals surface area contributed by atoms with E-state index < -0.39 is 5.97 Å². The zero-order valence-electron chi connectivity index (χ0n) is 9.88. The first-order valence-electron chi connectivity index (χ1n) is 6.16. The molecule has 0 bridgehead atoms. The van der Waals surface area contributed by atoms with E-state index in [0.29, 0.717) is 12.6 Å². The number of carboxylic acid groups (broad SMARTS) is 1. The van der Waals surface area contributed by atoms with Crippen molar-refractivity contribution in [2.45, 2.75) is 38.1 Å². The maximum atomic E-state index is 10.9. The van der Waals surface area contributed by atoms with Crippen LogP contribution in [-0.2, 0) is 11.2 Å². The molecule has 0 atom stereocenters. The van der Waals surface area contributed by atoms with Crippen LogP contribution < -0.4 is 5.73 Å². The smallest absolute Gasteiger partial charge is 0.306 e. The molecule has 0 saturated heterocycles. The van der Waals surface area contributed by atoms with Crippen molar-refractivity contribution >= 4 is 5.97 Å². The molecule has 1 aliphatic carbocycles. The summed E-state index contributed by atoms with van der Waals surface area (Å²) in [5.41, 5.74) is 6.66. The van der Waals surface area contributed by atoms with E-state index in [-0.39, 0.29) is 5.92 Å². The Hall–Kier alpha value is -1.36. The Morgan fingerprint density at radius 3 is 2.76 bits per heavy atom. The third-order valence-electron chi connectivity index (χ3n) is 3.51. The minimum Gasteiger partial charge on any atom is -0.481 e. The molecule has 94 valence electrons. The van der Waals surface area contributed by atoms with Crippen LogP contribution in [0.25, 0.3) is 0 Å². The van der Waals surface area contributed by atoms with Crippen molar-refractivity contribution in [2.24, 2.45) is 11.7 Å². The average molecular weight is 237 g/mol. The monoisotopic (exact) mass is 237 g/mol. The standard InChI is InChI=1S/C12H19N3O2/c13-6-5-9-7-14-15(8-9)11-3-1-10(2-4-11)12(16)17/h7-8,10-11H,1-6,13H2,(H,16,17). The van der Waals surface area contributed by atoms with Gasteiger partial charge in [0.05, 0.1) is 18.2 Å². The minimum absolute atomic E-state index is 0.162. The maximum absolute atomic E-state index is 10.9. The molecule has 1 aromatic rings. The normalized spacial score (nSPS) is 24.8. The first kappa shape index (κ1) is 12.1. The highest BCUT2D eigenvalue weighted by Gasteiger charge is 2.26. The van der Waals surface area contributed by atoms with Gasteiger partial charge in [-0.3, -0.25) is 9.48 Å². The lowest BCUT2D eigenvalue weighted by molar-refractivity contribution is -0.143. The van der Waals surface area contributed by atoms with Gasteiger partial charge in [-0.2, -0.15) is 5.10 Å². The molecule has 2 rings (SSSR count). The molecule has 0 unspecified atom stereocenters. The number of aliphatic carboxylic acids is 1. The lowest BCUT2D eigenvalue weighted by atomic mass is 9.86. The predicted molar refractivity (Wildman–Crippen MR) is 63.6 cm³/mol. The summed E-state index contributed by atoms with van der Waals surface area (Å²) in [6, 6.07) is 0.358. The Morgan fingerprint density at radius 2 is 2.18 bits per heavy atom. The zero-order valence-corrected chi connectivity index (χ0v) is 9.88. The van der Waals surface area contributed by atoms with E-state index in [1.54, 1.807) is 0 Å². The number of nitrogens with two attached hydrogens (primary N) is 1. The molecule has 5 heteroatoms. The molecule has 1 aromatic heterocycles. The van der Waals surface area contributed by atoms with Gasteiger partial charge in [0.1, 0.15) is 0 Å². The van der Waals surface area contributed by atoms with E-state index in [1.807, 2.05) is 17.1 Å². The van der Waals surface area contributed by atoms with E-state index in [2.05, 4.69) is 5.10 Å². The van der Waals surface area contributed by atoms with Gasteiger partial charge in [-0.25, -0.2) is 0 Å². The molecule has 1 heterocycles. The van der Waals surface area contributed by atoms with Crippen LogP contribution in [-0.4, -0.2) is 27.4 Å². The molecule has 1 fully saturated rings. The van der Waals surface area contributed by atoms with Gasteiger partial charge in [0, 0.05) is 6.20 Å². The second-order valence-electron chi connectivity index (χ2n) is 4.71.